The standard InChI is InChI=1S/C10H19NO5S/c1-15-7-8-17(13,14)11-6-4-3-5-9(11)10(12)16-2/h9H,3-8H2,1-2H3/t9-/m1/s1. The summed E-state index contributed by atoms with van der Waals surface area (Å²) < 4.78 is 34.7. The van der Waals surface area contributed by atoms with Gasteiger partial charge < -0.3 is 9.47 Å². The Morgan fingerprint density at radius 1 is 1.35 bits per heavy atom. The van der Waals surface area contributed by atoms with Crippen molar-refractivity contribution in [2.45, 2.75) is 25.3 Å². The molecule has 1 saturated heterocycles. The molecule has 6 nitrogen and oxygen atoms in total. The number of rotatable bonds is 5. The van der Waals surface area contributed by atoms with Crippen LogP contribution in [0.3, 0.4) is 0 Å². The number of piperidine rings is 1. The van der Waals surface area contributed by atoms with Crippen molar-refractivity contribution in [2.24, 2.45) is 0 Å². The fourth-order valence-electron chi connectivity index (χ4n) is 1.92. The molecule has 1 rings (SSSR count). The minimum atomic E-state index is -3.44. The van der Waals surface area contributed by atoms with Crippen molar-refractivity contribution in [3.8, 4) is 0 Å². The first-order chi connectivity index (χ1) is 8.03. The topological polar surface area (TPSA) is 72.9 Å². The van der Waals surface area contributed by atoms with Crippen LogP contribution in [0.1, 0.15) is 19.3 Å². The predicted octanol–water partition coefficient (Wildman–Crippen LogP) is -0.00990. The van der Waals surface area contributed by atoms with Gasteiger partial charge in [-0.25, -0.2) is 8.42 Å². The second kappa shape index (κ2) is 6.32. The van der Waals surface area contributed by atoms with Crippen molar-refractivity contribution in [1.82, 2.24) is 4.31 Å². The number of nitrogens with zero attached hydrogens (tertiary/aromatic N) is 1. The van der Waals surface area contributed by atoms with Crippen LogP contribution >= 0.6 is 0 Å². The van der Waals surface area contributed by atoms with Crippen LogP contribution in [0.15, 0.2) is 0 Å². The van der Waals surface area contributed by atoms with E-state index in [0.717, 1.165) is 12.8 Å². The Bertz CT molecular complexity index is 354. The summed E-state index contributed by atoms with van der Waals surface area (Å²) in [5.41, 5.74) is 0. The molecule has 100 valence electrons. The minimum absolute atomic E-state index is 0.100. The van der Waals surface area contributed by atoms with Crippen LogP contribution in [0.4, 0.5) is 0 Å². The molecule has 17 heavy (non-hydrogen) atoms. The van der Waals surface area contributed by atoms with Gasteiger partial charge in [0.25, 0.3) is 0 Å². The molecule has 0 N–H and O–H groups in total. The first-order valence-electron chi connectivity index (χ1n) is 5.59. The van der Waals surface area contributed by atoms with Crippen molar-refractivity contribution in [1.29, 1.82) is 0 Å². The molecule has 0 aromatic carbocycles. The number of carbonyl (C=O) groups excluding carboxylic acids is 1. The molecule has 0 bridgehead atoms. The molecule has 0 aromatic rings. The molecule has 0 aliphatic carbocycles. The van der Waals surface area contributed by atoms with Gasteiger partial charge in [0.05, 0.1) is 19.5 Å². The van der Waals surface area contributed by atoms with Gasteiger partial charge >= 0.3 is 5.97 Å². The molecule has 0 spiro atoms. The molecular formula is C10H19NO5S. The Morgan fingerprint density at radius 3 is 2.65 bits per heavy atom. The fraction of sp³-hybridized carbons (Fsp3) is 0.900. The fourth-order valence-corrected chi connectivity index (χ4v) is 3.51. The Morgan fingerprint density at radius 2 is 2.06 bits per heavy atom. The molecular weight excluding hydrogens is 246 g/mol. The number of ether oxygens (including phenoxy) is 2. The summed E-state index contributed by atoms with van der Waals surface area (Å²) in [6, 6.07) is -0.671. The first-order valence-corrected chi connectivity index (χ1v) is 7.20. The molecule has 1 fully saturated rings. The molecule has 7 heteroatoms. The third-order valence-corrected chi connectivity index (χ3v) is 4.66. The third-order valence-electron chi connectivity index (χ3n) is 2.83. The van der Waals surface area contributed by atoms with E-state index in [2.05, 4.69) is 4.74 Å². The highest BCUT2D eigenvalue weighted by atomic mass is 32.2. The van der Waals surface area contributed by atoms with Gasteiger partial charge in [0, 0.05) is 13.7 Å². The van der Waals surface area contributed by atoms with Crippen LogP contribution in [0.5, 0.6) is 0 Å². The average Bonchev–Trinajstić information content (AvgIpc) is 2.35. The number of esters is 1. The second-order valence-electron chi connectivity index (χ2n) is 3.95. The monoisotopic (exact) mass is 265 g/mol. The van der Waals surface area contributed by atoms with Gasteiger partial charge in [-0.05, 0) is 19.3 Å². The Kier molecular flexibility index (Phi) is 5.35. The number of hydrogen-bond acceptors (Lipinski definition) is 5. The molecule has 1 aliphatic rings. The van der Waals surface area contributed by atoms with E-state index < -0.39 is 22.0 Å². The molecule has 0 radical (unpaired) electrons. The van der Waals surface area contributed by atoms with E-state index in [0.29, 0.717) is 13.0 Å². The molecule has 0 unspecified atom stereocenters. The van der Waals surface area contributed by atoms with Crippen LogP contribution in [0.2, 0.25) is 0 Å². The van der Waals surface area contributed by atoms with Crippen molar-refractivity contribution in [3.63, 3.8) is 0 Å². The van der Waals surface area contributed by atoms with E-state index >= 15 is 0 Å². The average molecular weight is 265 g/mol. The maximum Gasteiger partial charge on any atom is 0.324 e. The van der Waals surface area contributed by atoms with E-state index in [1.165, 1.54) is 18.5 Å². The van der Waals surface area contributed by atoms with Crippen LogP contribution in [0, 0.1) is 0 Å². The lowest BCUT2D eigenvalue weighted by Gasteiger charge is -2.32. The van der Waals surface area contributed by atoms with Gasteiger partial charge in [-0.1, -0.05) is 0 Å². The largest absolute Gasteiger partial charge is 0.468 e. The SMILES string of the molecule is COCCS(=O)(=O)N1CCCC[C@@H]1C(=O)OC. The zero-order chi connectivity index (χ0) is 12.9. The summed E-state index contributed by atoms with van der Waals surface area (Å²) in [6.07, 6.45) is 2.15. The molecule has 0 saturated carbocycles. The number of sulfonamides is 1. The highest BCUT2D eigenvalue weighted by Crippen LogP contribution is 2.21. The lowest BCUT2D eigenvalue weighted by atomic mass is 10.1. The quantitative estimate of drug-likeness (QED) is 0.654. The molecule has 0 amide bonds. The van der Waals surface area contributed by atoms with Gasteiger partial charge in [-0.15, -0.1) is 0 Å². The summed E-state index contributed by atoms with van der Waals surface area (Å²) >= 11 is 0. The second-order valence-corrected chi connectivity index (χ2v) is 6.00. The maximum absolute atomic E-state index is 12.0. The maximum atomic E-state index is 12.0. The van der Waals surface area contributed by atoms with Gasteiger partial charge in [0.15, 0.2) is 0 Å². The number of hydrogen-bond donors (Lipinski definition) is 0. The summed E-state index contributed by atoms with van der Waals surface area (Å²) in [5, 5.41) is 0. The van der Waals surface area contributed by atoms with Gasteiger partial charge in [-0.3, -0.25) is 4.79 Å². The predicted molar refractivity (Wildman–Crippen MR) is 62.0 cm³/mol. The molecule has 1 atom stereocenters. The number of carbonyl (C=O) groups is 1. The van der Waals surface area contributed by atoms with E-state index in [-0.39, 0.29) is 12.4 Å². The van der Waals surface area contributed by atoms with Crippen molar-refractivity contribution in [2.75, 3.05) is 33.1 Å². The number of methoxy groups -OCH3 is 2. The Hall–Kier alpha value is -0.660. The molecule has 1 heterocycles. The first kappa shape index (κ1) is 14.4. The smallest absolute Gasteiger partial charge is 0.324 e. The van der Waals surface area contributed by atoms with E-state index in [1.807, 2.05) is 0 Å². The van der Waals surface area contributed by atoms with Crippen LogP contribution < -0.4 is 0 Å². The normalized spacial score (nSPS) is 22.4. The van der Waals surface area contributed by atoms with E-state index in [9.17, 15) is 13.2 Å². The van der Waals surface area contributed by atoms with Crippen molar-refractivity contribution >= 4 is 16.0 Å². The Balaban J connectivity index is 2.80. The molecule has 0 aromatic heterocycles. The Labute approximate surface area is 102 Å². The van der Waals surface area contributed by atoms with Crippen molar-refractivity contribution in [3.05, 3.63) is 0 Å². The van der Waals surface area contributed by atoms with E-state index in [1.54, 1.807) is 0 Å². The zero-order valence-electron chi connectivity index (χ0n) is 10.2. The highest BCUT2D eigenvalue weighted by molar-refractivity contribution is 7.89. The van der Waals surface area contributed by atoms with Crippen LogP contribution in [-0.2, 0) is 24.3 Å². The van der Waals surface area contributed by atoms with Gasteiger partial charge in [0.2, 0.25) is 10.0 Å². The van der Waals surface area contributed by atoms with E-state index in [4.69, 9.17) is 4.74 Å². The van der Waals surface area contributed by atoms with Crippen LogP contribution in [-0.4, -0.2) is 57.9 Å². The van der Waals surface area contributed by atoms with Gasteiger partial charge in [0.1, 0.15) is 6.04 Å². The zero-order valence-corrected chi connectivity index (χ0v) is 11.0. The lowest BCUT2D eigenvalue weighted by Crippen LogP contribution is -2.49. The highest BCUT2D eigenvalue weighted by Gasteiger charge is 2.36. The summed E-state index contributed by atoms with van der Waals surface area (Å²) in [6.45, 7) is 0.512. The van der Waals surface area contributed by atoms with Crippen LogP contribution in [0.25, 0.3) is 0 Å². The lowest BCUT2D eigenvalue weighted by molar-refractivity contribution is -0.146. The minimum Gasteiger partial charge on any atom is -0.468 e. The molecule has 1 aliphatic heterocycles. The van der Waals surface area contributed by atoms with Gasteiger partial charge in [-0.2, -0.15) is 4.31 Å². The summed E-state index contributed by atoms with van der Waals surface area (Å²) in [4.78, 5) is 11.5. The summed E-state index contributed by atoms with van der Waals surface area (Å²) in [7, 11) is -0.720. The van der Waals surface area contributed by atoms with Crippen molar-refractivity contribution < 1.29 is 22.7 Å². The summed E-state index contributed by atoms with van der Waals surface area (Å²) in [5.74, 6) is -0.581. The third kappa shape index (κ3) is 3.65.